The van der Waals surface area contributed by atoms with E-state index in [2.05, 4.69) is 35.6 Å². The number of benzene rings is 2. The molecule has 242 valence electrons. The Hall–Kier alpha value is -4.08. The topological polar surface area (TPSA) is 157 Å². The molecule has 0 aromatic heterocycles. The summed E-state index contributed by atoms with van der Waals surface area (Å²) in [5.41, 5.74) is 11.8. The lowest BCUT2D eigenvalue weighted by Crippen LogP contribution is -2.44. The van der Waals surface area contributed by atoms with Crippen LogP contribution in [0.2, 0.25) is 0 Å². The first-order valence-corrected chi connectivity index (χ1v) is 16.0. The number of phenols is 2. The van der Waals surface area contributed by atoms with Crippen molar-refractivity contribution in [3.63, 3.8) is 0 Å². The van der Waals surface area contributed by atoms with E-state index in [0.29, 0.717) is 32.1 Å². The molecule has 0 aliphatic carbocycles. The van der Waals surface area contributed by atoms with Crippen molar-refractivity contribution in [3.05, 3.63) is 58.7 Å². The SMILES string of the molecule is CCCCc1ccc(C(=O)NNC(=O)CCCCCC(CCCC)C(=O)NNC(=O)c2ccc(CCCC)cc2O)c(O)c1. The molecule has 0 fully saturated rings. The molecule has 0 aliphatic heterocycles. The predicted molar refractivity (Wildman–Crippen MR) is 171 cm³/mol. The zero-order chi connectivity index (χ0) is 32.3. The lowest BCUT2D eigenvalue weighted by atomic mass is 9.94. The first-order valence-electron chi connectivity index (χ1n) is 16.0. The third kappa shape index (κ3) is 12.7. The number of hydrazine groups is 2. The number of carbonyl (C=O) groups excluding carboxylic acids is 4. The number of carbonyl (C=O) groups is 4. The highest BCUT2D eigenvalue weighted by atomic mass is 16.3. The van der Waals surface area contributed by atoms with Crippen LogP contribution in [0.25, 0.3) is 0 Å². The Morgan fingerprint density at radius 3 is 1.61 bits per heavy atom. The first-order chi connectivity index (χ1) is 21.2. The van der Waals surface area contributed by atoms with Crippen LogP contribution in [0.15, 0.2) is 36.4 Å². The van der Waals surface area contributed by atoms with E-state index in [4.69, 9.17) is 0 Å². The molecule has 0 heterocycles. The Labute approximate surface area is 261 Å². The molecule has 10 heteroatoms. The molecular weight excluding hydrogens is 560 g/mol. The first kappa shape index (κ1) is 36.1. The molecule has 10 nitrogen and oxygen atoms in total. The number of hydrogen-bond acceptors (Lipinski definition) is 6. The number of aromatic hydroxyl groups is 2. The van der Waals surface area contributed by atoms with Crippen LogP contribution in [0.3, 0.4) is 0 Å². The van der Waals surface area contributed by atoms with Gasteiger partial charge >= 0.3 is 0 Å². The lowest BCUT2D eigenvalue weighted by Gasteiger charge is -2.17. The second-order valence-corrected chi connectivity index (χ2v) is 11.3. The van der Waals surface area contributed by atoms with E-state index in [9.17, 15) is 29.4 Å². The fourth-order valence-electron chi connectivity index (χ4n) is 4.87. The van der Waals surface area contributed by atoms with Crippen molar-refractivity contribution in [1.82, 2.24) is 21.7 Å². The second-order valence-electron chi connectivity index (χ2n) is 11.3. The van der Waals surface area contributed by atoms with E-state index in [1.165, 1.54) is 0 Å². The summed E-state index contributed by atoms with van der Waals surface area (Å²) in [6, 6.07) is 9.88. The zero-order valence-corrected chi connectivity index (χ0v) is 26.5. The predicted octanol–water partition coefficient (Wildman–Crippen LogP) is 5.76. The van der Waals surface area contributed by atoms with Gasteiger partial charge in [-0.3, -0.25) is 40.9 Å². The van der Waals surface area contributed by atoms with Gasteiger partial charge in [0.15, 0.2) is 0 Å². The standard InChI is InChI=1S/C34H50N4O6/c1-4-7-13-24-18-20-27(29(39)22-24)33(43)37-35-31(41)17-12-10-11-16-26(15-9-6-3)32(42)36-38-34(44)28-21-19-25(14-8-5-2)23-30(28)40/h18-23,26,39-40H,4-17H2,1-3H3,(H,35,41)(H,36,42)(H,37,43)(H,38,44). The van der Waals surface area contributed by atoms with Gasteiger partial charge in [-0.15, -0.1) is 0 Å². The van der Waals surface area contributed by atoms with Gasteiger partial charge in [0.2, 0.25) is 11.8 Å². The van der Waals surface area contributed by atoms with Crippen LogP contribution in [-0.4, -0.2) is 33.8 Å². The minimum Gasteiger partial charge on any atom is -0.507 e. The van der Waals surface area contributed by atoms with E-state index in [1.807, 2.05) is 13.0 Å². The molecule has 0 spiro atoms. The van der Waals surface area contributed by atoms with Gasteiger partial charge in [-0.2, -0.15) is 0 Å². The quantitative estimate of drug-likeness (QED) is 0.0930. The molecular formula is C34H50N4O6. The van der Waals surface area contributed by atoms with Crippen LogP contribution >= 0.6 is 0 Å². The molecule has 0 saturated carbocycles. The molecule has 1 atom stereocenters. The number of amides is 4. The fourth-order valence-corrected chi connectivity index (χ4v) is 4.87. The van der Waals surface area contributed by atoms with Gasteiger partial charge in [-0.1, -0.05) is 71.4 Å². The van der Waals surface area contributed by atoms with Crippen molar-refractivity contribution in [2.45, 2.75) is 111 Å². The van der Waals surface area contributed by atoms with Gasteiger partial charge in [0.25, 0.3) is 11.8 Å². The Morgan fingerprint density at radius 2 is 1.11 bits per heavy atom. The maximum atomic E-state index is 12.9. The molecule has 44 heavy (non-hydrogen) atoms. The van der Waals surface area contributed by atoms with Crippen molar-refractivity contribution in [2.24, 2.45) is 5.92 Å². The van der Waals surface area contributed by atoms with Crippen molar-refractivity contribution in [3.8, 4) is 11.5 Å². The molecule has 4 amide bonds. The van der Waals surface area contributed by atoms with Crippen LogP contribution in [-0.2, 0) is 22.4 Å². The average molecular weight is 611 g/mol. The molecule has 1 unspecified atom stereocenters. The van der Waals surface area contributed by atoms with Crippen LogP contribution in [0, 0.1) is 5.92 Å². The highest BCUT2D eigenvalue weighted by Gasteiger charge is 2.20. The number of nitrogens with one attached hydrogen (secondary N) is 4. The normalized spacial score (nSPS) is 11.4. The van der Waals surface area contributed by atoms with Gasteiger partial charge in [0.05, 0.1) is 11.1 Å². The van der Waals surface area contributed by atoms with E-state index in [1.54, 1.807) is 30.3 Å². The fraction of sp³-hybridized carbons (Fsp3) is 0.529. The number of unbranched alkanes of at least 4 members (excludes halogenated alkanes) is 5. The Morgan fingerprint density at radius 1 is 0.614 bits per heavy atom. The maximum absolute atomic E-state index is 12.9. The lowest BCUT2D eigenvalue weighted by molar-refractivity contribution is -0.126. The summed E-state index contributed by atoms with van der Waals surface area (Å²) < 4.78 is 0. The van der Waals surface area contributed by atoms with E-state index >= 15 is 0 Å². The highest BCUT2D eigenvalue weighted by Crippen LogP contribution is 2.22. The van der Waals surface area contributed by atoms with Crippen LogP contribution in [0.4, 0.5) is 0 Å². The maximum Gasteiger partial charge on any atom is 0.273 e. The second kappa shape index (κ2) is 20.0. The largest absolute Gasteiger partial charge is 0.507 e. The monoisotopic (exact) mass is 610 g/mol. The molecule has 0 radical (unpaired) electrons. The Bertz CT molecular complexity index is 1230. The van der Waals surface area contributed by atoms with E-state index < -0.39 is 11.8 Å². The van der Waals surface area contributed by atoms with Gasteiger partial charge in [0, 0.05) is 12.3 Å². The number of rotatable bonds is 18. The van der Waals surface area contributed by atoms with Crippen LogP contribution < -0.4 is 21.7 Å². The molecule has 2 aromatic rings. The smallest absolute Gasteiger partial charge is 0.273 e. The summed E-state index contributed by atoms with van der Waals surface area (Å²) in [6.07, 6.45) is 11.0. The number of aryl methyl sites for hydroxylation is 2. The summed E-state index contributed by atoms with van der Waals surface area (Å²) in [4.78, 5) is 50.0. The van der Waals surface area contributed by atoms with E-state index in [0.717, 1.165) is 62.5 Å². The van der Waals surface area contributed by atoms with Gasteiger partial charge in [-0.05, 0) is 80.3 Å². The van der Waals surface area contributed by atoms with Crippen molar-refractivity contribution < 1.29 is 29.4 Å². The Kier molecular flexibility index (Phi) is 16.4. The molecule has 6 N–H and O–H groups in total. The number of phenolic OH excluding ortho intramolecular Hbond substituents is 2. The third-order valence-electron chi connectivity index (χ3n) is 7.60. The minimum atomic E-state index is -0.589. The summed E-state index contributed by atoms with van der Waals surface area (Å²) in [5, 5.41) is 20.5. The summed E-state index contributed by atoms with van der Waals surface area (Å²) in [6.45, 7) is 6.22. The summed E-state index contributed by atoms with van der Waals surface area (Å²) >= 11 is 0. The van der Waals surface area contributed by atoms with Crippen LogP contribution in [0.5, 0.6) is 11.5 Å². The summed E-state index contributed by atoms with van der Waals surface area (Å²) in [7, 11) is 0. The molecule has 0 aliphatic rings. The van der Waals surface area contributed by atoms with Gasteiger partial charge < -0.3 is 10.2 Å². The van der Waals surface area contributed by atoms with Gasteiger partial charge in [0.1, 0.15) is 11.5 Å². The molecule has 2 rings (SSSR count). The summed E-state index contributed by atoms with van der Waals surface area (Å²) in [5.74, 6) is -2.34. The molecule has 0 bridgehead atoms. The average Bonchev–Trinajstić information content (AvgIpc) is 3.01. The minimum absolute atomic E-state index is 0.0928. The molecule has 2 aromatic carbocycles. The molecule has 0 saturated heterocycles. The Balaban J connectivity index is 1.73. The highest BCUT2D eigenvalue weighted by molar-refractivity contribution is 5.98. The zero-order valence-electron chi connectivity index (χ0n) is 26.5. The van der Waals surface area contributed by atoms with Crippen molar-refractivity contribution >= 4 is 23.6 Å². The van der Waals surface area contributed by atoms with Crippen molar-refractivity contribution in [2.75, 3.05) is 0 Å². The van der Waals surface area contributed by atoms with Crippen LogP contribution in [0.1, 0.15) is 130 Å². The third-order valence-corrected chi connectivity index (χ3v) is 7.60. The van der Waals surface area contributed by atoms with Gasteiger partial charge in [-0.25, -0.2) is 0 Å². The number of hydrogen-bond donors (Lipinski definition) is 6. The van der Waals surface area contributed by atoms with Crippen molar-refractivity contribution in [1.29, 1.82) is 0 Å². The van der Waals surface area contributed by atoms with E-state index in [-0.39, 0.29) is 46.8 Å².